The molecule has 1 amide bonds. The molecule has 88 valence electrons. The van der Waals surface area contributed by atoms with Crippen LogP contribution in [0.2, 0.25) is 0 Å². The van der Waals surface area contributed by atoms with Gasteiger partial charge in [-0.05, 0) is 13.0 Å². The van der Waals surface area contributed by atoms with E-state index in [1.54, 1.807) is 7.05 Å². The van der Waals surface area contributed by atoms with Gasteiger partial charge in [0.25, 0.3) is 0 Å². The topological polar surface area (TPSA) is 49.4 Å². The van der Waals surface area contributed by atoms with Crippen LogP contribution in [-0.4, -0.2) is 43.3 Å². The van der Waals surface area contributed by atoms with Crippen LogP contribution in [0.4, 0.5) is 0 Å². The Balaban J connectivity index is 4.14. The predicted octanol–water partition coefficient (Wildman–Crippen LogP) is 0.669. The molecule has 0 fully saturated rings. The van der Waals surface area contributed by atoms with Gasteiger partial charge in [-0.3, -0.25) is 14.5 Å². The molecule has 0 radical (unpaired) electrons. The van der Waals surface area contributed by atoms with Gasteiger partial charge in [0.05, 0.1) is 13.1 Å². The molecule has 0 aliphatic heterocycles. The highest BCUT2D eigenvalue weighted by molar-refractivity contribution is 5.83. The van der Waals surface area contributed by atoms with Gasteiger partial charge in [0.15, 0.2) is 0 Å². The number of ketones is 1. The highest BCUT2D eigenvalue weighted by Crippen LogP contribution is 1.99. The first-order valence-corrected chi connectivity index (χ1v) is 5.46. The quantitative estimate of drug-likeness (QED) is 0.677. The van der Waals surface area contributed by atoms with Crippen LogP contribution < -0.4 is 5.32 Å². The van der Waals surface area contributed by atoms with Crippen LogP contribution in [0.1, 0.15) is 27.2 Å². The van der Waals surface area contributed by atoms with Crippen molar-refractivity contribution >= 4 is 11.7 Å². The number of nitrogens with one attached hydrogen (secondary N) is 1. The molecule has 15 heavy (non-hydrogen) atoms. The first-order chi connectivity index (χ1) is 7.01. The molecule has 0 spiro atoms. The molecule has 0 aromatic heterocycles. The van der Waals surface area contributed by atoms with Crippen LogP contribution >= 0.6 is 0 Å². The fraction of sp³-hybridized carbons (Fsp3) is 0.818. The maximum atomic E-state index is 11.5. The summed E-state index contributed by atoms with van der Waals surface area (Å²) in [5.74, 6) is 0.182. The van der Waals surface area contributed by atoms with Crippen molar-refractivity contribution in [1.29, 1.82) is 0 Å². The summed E-state index contributed by atoms with van der Waals surface area (Å²) in [4.78, 5) is 24.6. The summed E-state index contributed by atoms with van der Waals surface area (Å²) < 4.78 is 0. The second-order valence-corrected chi connectivity index (χ2v) is 4.00. The molecular formula is C11H22N2O2. The van der Waals surface area contributed by atoms with Gasteiger partial charge in [-0.25, -0.2) is 0 Å². The third kappa shape index (κ3) is 6.23. The number of hydrogen-bond donors (Lipinski definition) is 1. The minimum Gasteiger partial charge on any atom is -0.358 e. The number of nitrogens with zero attached hydrogens (tertiary/aromatic N) is 1. The van der Waals surface area contributed by atoms with E-state index in [1.165, 1.54) is 0 Å². The minimum atomic E-state index is -0.0417. The van der Waals surface area contributed by atoms with Gasteiger partial charge in [-0.1, -0.05) is 20.8 Å². The molecule has 0 atom stereocenters. The third-order valence-electron chi connectivity index (χ3n) is 2.21. The van der Waals surface area contributed by atoms with E-state index in [0.29, 0.717) is 13.1 Å². The minimum absolute atomic E-state index is 0.0362. The summed E-state index contributed by atoms with van der Waals surface area (Å²) in [5, 5.41) is 2.56. The molecule has 0 aromatic rings. The van der Waals surface area contributed by atoms with Crippen molar-refractivity contribution in [2.45, 2.75) is 27.2 Å². The zero-order chi connectivity index (χ0) is 11.8. The largest absolute Gasteiger partial charge is 0.358 e. The van der Waals surface area contributed by atoms with E-state index in [9.17, 15) is 9.59 Å². The SMILES string of the molecule is CCCN(CC(=O)NC)CC(=O)C(C)C. The summed E-state index contributed by atoms with van der Waals surface area (Å²) in [6, 6.07) is 0. The summed E-state index contributed by atoms with van der Waals surface area (Å²) in [5.41, 5.74) is 0. The number of likely N-dealkylation sites (N-methyl/N-ethyl adjacent to an activating group) is 1. The molecule has 0 aromatic carbocycles. The van der Waals surface area contributed by atoms with Crippen molar-refractivity contribution in [3.8, 4) is 0 Å². The van der Waals surface area contributed by atoms with E-state index in [0.717, 1.165) is 13.0 Å². The standard InChI is InChI=1S/C11H22N2O2/c1-5-6-13(8-11(15)12-4)7-10(14)9(2)3/h9H,5-8H2,1-4H3,(H,12,15). The summed E-state index contributed by atoms with van der Waals surface area (Å²) in [6.07, 6.45) is 0.947. The van der Waals surface area contributed by atoms with Gasteiger partial charge in [-0.2, -0.15) is 0 Å². The molecule has 4 heteroatoms. The number of carbonyl (C=O) groups is 2. The number of carbonyl (C=O) groups excluding carboxylic acids is 2. The molecule has 0 unspecified atom stereocenters. The molecule has 0 heterocycles. The molecule has 0 bridgehead atoms. The van der Waals surface area contributed by atoms with E-state index in [4.69, 9.17) is 0 Å². The Hall–Kier alpha value is -0.900. The second-order valence-electron chi connectivity index (χ2n) is 4.00. The number of hydrogen-bond acceptors (Lipinski definition) is 3. The highest BCUT2D eigenvalue weighted by Gasteiger charge is 2.15. The maximum Gasteiger partial charge on any atom is 0.233 e. The fourth-order valence-corrected chi connectivity index (χ4v) is 1.22. The van der Waals surface area contributed by atoms with Gasteiger partial charge in [0.2, 0.25) is 5.91 Å². The van der Waals surface area contributed by atoms with E-state index in [2.05, 4.69) is 5.32 Å². The van der Waals surface area contributed by atoms with E-state index >= 15 is 0 Å². The van der Waals surface area contributed by atoms with Crippen LogP contribution in [0.3, 0.4) is 0 Å². The van der Waals surface area contributed by atoms with Gasteiger partial charge < -0.3 is 5.32 Å². The lowest BCUT2D eigenvalue weighted by atomic mass is 10.1. The second kappa shape index (κ2) is 7.40. The van der Waals surface area contributed by atoms with Crippen LogP contribution in [0.25, 0.3) is 0 Å². The van der Waals surface area contributed by atoms with Crippen molar-refractivity contribution in [1.82, 2.24) is 10.2 Å². The molecule has 0 rings (SSSR count). The third-order valence-corrected chi connectivity index (χ3v) is 2.21. The maximum absolute atomic E-state index is 11.5. The lowest BCUT2D eigenvalue weighted by molar-refractivity contribution is -0.125. The number of Topliss-reactive ketones (excluding diaryl/α,β-unsaturated/α-hetero) is 1. The van der Waals surface area contributed by atoms with Crippen LogP contribution in [0.15, 0.2) is 0 Å². The van der Waals surface area contributed by atoms with Gasteiger partial charge in [-0.15, -0.1) is 0 Å². The van der Waals surface area contributed by atoms with Crippen molar-refractivity contribution in [3.05, 3.63) is 0 Å². The lowest BCUT2D eigenvalue weighted by Crippen LogP contribution is -2.40. The van der Waals surface area contributed by atoms with Crippen molar-refractivity contribution < 1.29 is 9.59 Å². The zero-order valence-corrected chi connectivity index (χ0v) is 10.2. The Morgan fingerprint density at radius 2 is 1.87 bits per heavy atom. The average molecular weight is 214 g/mol. The highest BCUT2D eigenvalue weighted by atomic mass is 16.2. The molecule has 4 nitrogen and oxygen atoms in total. The molecule has 0 aliphatic rings. The van der Waals surface area contributed by atoms with Crippen molar-refractivity contribution in [2.24, 2.45) is 5.92 Å². The first-order valence-electron chi connectivity index (χ1n) is 5.46. The molecule has 0 saturated heterocycles. The normalized spacial score (nSPS) is 10.8. The van der Waals surface area contributed by atoms with Crippen molar-refractivity contribution in [2.75, 3.05) is 26.7 Å². The van der Waals surface area contributed by atoms with E-state index < -0.39 is 0 Å². The Labute approximate surface area is 92.0 Å². The first kappa shape index (κ1) is 14.1. The van der Waals surface area contributed by atoms with Crippen LogP contribution in [0.5, 0.6) is 0 Å². The van der Waals surface area contributed by atoms with Gasteiger partial charge in [0.1, 0.15) is 5.78 Å². The lowest BCUT2D eigenvalue weighted by Gasteiger charge is -2.20. The molecule has 1 N–H and O–H groups in total. The summed E-state index contributed by atoms with van der Waals surface area (Å²) in [7, 11) is 1.61. The number of amides is 1. The van der Waals surface area contributed by atoms with Crippen LogP contribution in [-0.2, 0) is 9.59 Å². The molecule has 0 aliphatic carbocycles. The zero-order valence-electron chi connectivity index (χ0n) is 10.2. The Morgan fingerprint density at radius 1 is 1.27 bits per heavy atom. The van der Waals surface area contributed by atoms with E-state index in [-0.39, 0.29) is 17.6 Å². The van der Waals surface area contributed by atoms with Crippen LogP contribution in [0, 0.1) is 5.92 Å². The fourth-order valence-electron chi connectivity index (χ4n) is 1.22. The molecular weight excluding hydrogens is 192 g/mol. The summed E-state index contributed by atoms with van der Waals surface area (Å²) >= 11 is 0. The number of rotatable bonds is 7. The Morgan fingerprint density at radius 3 is 2.27 bits per heavy atom. The smallest absolute Gasteiger partial charge is 0.233 e. The Kier molecular flexibility index (Phi) is 6.96. The Bertz CT molecular complexity index is 215. The molecule has 0 saturated carbocycles. The summed E-state index contributed by atoms with van der Waals surface area (Å²) in [6.45, 7) is 7.27. The van der Waals surface area contributed by atoms with Crippen molar-refractivity contribution in [3.63, 3.8) is 0 Å². The monoisotopic (exact) mass is 214 g/mol. The average Bonchev–Trinajstić information content (AvgIpc) is 2.17. The predicted molar refractivity (Wildman–Crippen MR) is 60.6 cm³/mol. The van der Waals surface area contributed by atoms with Gasteiger partial charge >= 0.3 is 0 Å². The van der Waals surface area contributed by atoms with Gasteiger partial charge in [0, 0.05) is 13.0 Å². The van der Waals surface area contributed by atoms with E-state index in [1.807, 2.05) is 25.7 Å².